The Morgan fingerprint density at radius 1 is 1.89 bits per heavy atom. The van der Waals surface area contributed by atoms with Gasteiger partial charge in [0.15, 0.2) is 6.73 Å². The second kappa shape index (κ2) is 2.39. The summed E-state index contributed by atoms with van der Waals surface area (Å²) in [6.07, 6.45) is 3.22. The van der Waals surface area contributed by atoms with Gasteiger partial charge in [-0.1, -0.05) is 0 Å². The molecule has 1 amide bonds. The molecule has 2 N–H and O–H groups in total. The summed E-state index contributed by atoms with van der Waals surface area (Å²) in [5.41, 5.74) is 4.90. The average Bonchev–Trinajstić information content (AvgIpc) is 2.15. The molecule has 0 aromatic heterocycles. The largest absolute Gasteiger partial charge is 0.479 e. The Hall–Kier alpha value is -1.19. The van der Waals surface area contributed by atoms with Gasteiger partial charge in [-0.15, -0.1) is 0 Å². The molecule has 0 saturated carbocycles. The molecule has 1 aliphatic heterocycles. The first-order chi connectivity index (χ1) is 4.29. The number of carbonyl (C=O) groups is 1. The standard InChI is InChI=1S/C5H8N2O2/c6-5(8)3-7-1-2-9-4-7/h1-2H,3-4H2,(H2,6,8). The van der Waals surface area contributed by atoms with E-state index in [1.54, 1.807) is 11.1 Å². The van der Waals surface area contributed by atoms with E-state index in [1.165, 1.54) is 6.26 Å². The van der Waals surface area contributed by atoms with E-state index in [1.807, 2.05) is 0 Å². The molecule has 0 aromatic carbocycles. The highest BCUT2D eigenvalue weighted by molar-refractivity contribution is 5.76. The molecule has 0 fully saturated rings. The minimum absolute atomic E-state index is 0.233. The lowest BCUT2D eigenvalue weighted by Crippen LogP contribution is -2.28. The molecule has 0 atom stereocenters. The summed E-state index contributed by atoms with van der Waals surface area (Å²) in [5, 5.41) is 0. The van der Waals surface area contributed by atoms with Crippen molar-refractivity contribution in [1.29, 1.82) is 0 Å². The number of amides is 1. The van der Waals surface area contributed by atoms with E-state index >= 15 is 0 Å². The van der Waals surface area contributed by atoms with Crippen LogP contribution in [-0.4, -0.2) is 24.1 Å². The summed E-state index contributed by atoms with van der Waals surface area (Å²) in [7, 11) is 0. The van der Waals surface area contributed by atoms with Gasteiger partial charge in [-0.3, -0.25) is 4.79 Å². The average molecular weight is 128 g/mol. The molecular formula is C5H8N2O2. The zero-order valence-electron chi connectivity index (χ0n) is 4.91. The van der Waals surface area contributed by atoms with Gasteiger partial charge in [0.05, 0.1) is 6.54 Å². The Morgan fingerprint density at radius 2 is 2.67 bits per heavy atom. The maximum Gasteiger partial charge on any atom is 0.237 e. The van der Waals surface area contributed by atoms with Crippen LogP contribution in [0.5, 0.6) is 0 Å². The van der Waals surface area contributed by atoms with Gasteiger partial charge in [-0.05, 0) is 0 Å². The molecular weight excluding hydrogens is 120 g/mol. The van der Waals surface area contributed by atoms with E-state index in [9.17, 15) is 4.79 Å². The second-order valence-corrected chi connectivity index (χ2v) is 1.79. The normalized spacial score (nSPS) is 15.8. The number of nitrogens with two attached hydrogens (primary N) is 1. The van der Waals surface area contributed by atoms with E-state index in [4.69, 9.17) is 10.5 Å². The van der Waals surface area contributed by atoms with Crippen LogP contribution < -0.4 is 5.73 Å². The monoisotopic (exact) mass is 128 g/mol. The van der Waals surface area contributed by atoms with E-state index in [0.717, 1.165) is 0 Å². The third kappa shape index (κ3) is 1.64. The molecule has 1 rings (SSSR count). The molecule has 0 bridgehead atoms. The zero-order chi connectivity index (χ0) is 6.69. The van der Waals surface area contributed by atoms with E-state index < -0.39 is 0 Å². The van der Waals surface area contributed by atoms with Crippen LogP contribution >= 0.6 is 0 Å². The van der Waals surface area contributed by atoms with Crippen LogP contribution in [0.3, 0.4) is 0 Å². The van der Waals surface area contributed by atoms with Crippen molar-refractivity contribution in [2.75, 3.05) is 13.3 Å². The van der Waals surface area contributed by atoms with Crippen molar-refractivity contribution >= 4 is 5.91 Å². The maximum atomic E-state index is 10.2. The van der Waals surface area contributed by atoms with Gasteiger partial charge in [-0.2, -0.15) is 0 Å². The summed E-state index contributed by atoms with van der Waals surface area (Å²) in [6, 6.07) is 0. The summed E-state index contributed by atoms with van der Waals surface area (Å²) in [6.45, 7) is 0.666. The van der Waals surface area contributed by atoms with Crippen molar-refractivity contribution in [2.24, 2.45) is 5.73 Å². The summed E-state index contributed by atoms with van der Waals surface area (Å²) in [4.78, 5) is 11.9. The number of rotatable bonds is 2. The molecule has 1 heterocycles. The van der Waals surface area contributed by atoms with Crippen LogP contribution in [0.25, 0.3) is 0 Å². The van der Waals surface area contributed by atoms with Gasteiger partial charge in [0.1, 0.15) is 6.26 Å². The van der Waals surface area contributed by atoms with E-state index in [-0.39, 0.29) is 12.5 Å². The fraction of sp³-hybridized carbons (Fsp3) is 0.400. The lowest BCUT2D eigenvalue weighted by molar-refractivity contribution is -0.119. The minimum atomic E-state index is -0.342. The highest BCUT2D eigenvalue weighted by Gasteiger charge is 2.06. The number of hydrogen-bond donors (Lipinski definition) is 1. The topological polar surface area (TPSA) is 55.6 Å². The van der Waals surface area contributed by atoms with E-state index in [2.05, 4.69) is 0 Å². The Labute approximate surface area is 52.9 Å². The molecule has 50 valence electrons. The predicted molar refractivity (Wildman–Crippen MR) is 31.0 cm³/mol. The molecule has 4 heteroatoms. The molecule has 0 spiro atoms. The van der Waals surface area contributed by atoms with Crippen LogP contribution in [0.15, 0.2) is 12.5 Å². The van der Waals surface area contributed by atoms with E-state index in [0.29, 0.717) is 6.73 Å². The van der Waals surface area contributed by atoms with Gasteiger partial charge >= 0.3 is 0 Å². The van der Waals surface area contributed by atoms with Gasteiger partial charge in [0.25, 0.3) is 0 Å². The first kappa shape index (κ1) is 5.94. The van der Waals surface area contributed by atoms with Gasteiger partial charge in [0.2, 0.25) is 5.91 Å². The first-order valence-corrected chi connectivity index (χ1v) is 2.59. The Balaban J connectivity index is 2.28. The fourth-order valence-electron chi connectivity index (χ4n) is 0.609. The zero-order valence-corrected chi connectivity index (χ0v) is 4.91. The Kier molecular flexibility index (Phi) is 1.58. The van der Waals surface area contributed by atoms with Gasteiger partial charge in [0, 0.05) is 6.20 Å². The molecule has 0 saturated heterocycles. The van der Waals surface area contributed by atoms with Crippen LogP contribution in [0, 0.1) is 0 Å². The van der Waals surface area contributed by atoms with Crippen LogP contribution in [0.4, 0.5) is 0 Å². The molecule has 0 aromatic rings. The minimum Gasteiger partial charge on any atom is -0.479 e. The summed E-state index contributed by atoms with van der Waals surface area (Å²) in [5.74, 6) is -0.342. The lowest BCUT2D eigenvalue weighted by atomic mass is 10.6. The number of nitrogens with zero attached hydrogens (tertiary/aromatic N) is 1. The number of carbonyl (C=O) groups excluding carboxylic acids is 1. The second-order valence-electron chi connectivity index (χ2n) is 1.79. The predicted octanol–water partition coefficient (Wildman–Crippen LogP) is -0.767. The van der Waals surface area contributed by atoms with Crippen molar-refractivity contribution in [1.82, 2.24) is 4.90 Å². The maximum absolute atomic E-state index is 10.2. The number of ether oxygens (including phenoxy) is 1. The van der Waals surface area contributed by atoms with Crippen molar-refractivity contribution < 1.29 is 9.53 Å². The Bertz CT molecular complexity index is 144. The van der Waals surface area contributed by atoms with Crippen LogP contribution in [0.1, 0.15) is 0 Å². The highest BCUT2D eigenvalue weighted by atomic mass is 16.5. The third-order valence-electron chi connectivity index (χ3n) is 0.967. The molecule has 1 aliphatic rings. The summed E-state index contributed by atoms with van der Waals surface area (Å²) < 4.78 is 4.80. The third-order valence-corrected chi connectivity index (χ3v) is 0.967. The fourth-order valence-corrected chi connectivity index (χ4v) is 0.609. The SMILES string of the molecule is NC(=O)CN1C=COC1. The lowest BCUT2D eigenvalue weighted by Gasteiger charge is -2.09. The number of primary amides is 1. The van der Waals surface area contributed by atoms with Crippen LogP contribution in [-0.2, 0) is 9.53 Å². The molecule has 0 aliphatic carbocycles. The van der Waals surface area contributed by atoms with Crippen molar-refractivity contribution in [3.8, 4) is 0 Å². The molecule has 0 unspecified atom stereocenters. The first-order valence-electron chi connectivity index (χ1n) is 2.59. The molecule has 9 heavy (non-hydrogen) atoms. The Morgan fingerprint density at radius 3 is 3.11 bits per heavy atom. The highest BCUT2D eigenvalue weighted by Crippen LogP contribution is 1.97. The van der Waals surface area contributed by atoms with Crippen LogP contribution in [0.2, 0.25) is 0 Å². The number of hydrogen-bond acceptors (Lipinski definition) is 3. The van der Waals surface area contributed by atoms with Crippen molar-refractivity contribution in [2.45, 2.75) is 0 Å². The molecule has 0 radical (unpaired) electrons. The van der Waals surface area contributed by atoms with Crippen molar-refractivity contribution in [3.05, 3.63) is 12.5 Å². The van der Waals surface area contributed by atoms with Gasteiger partial charge < -0.3 is 15.4 Å². The smallest absolute Gasteiger partial charge is 0.237 e. The quantitative estimate of drug-likeness (QED) is 0.531. The van der Waals surface area contributed by atoms with Gasteiger partial charge in [-0.25, -0.2) is 0 Å². The van der Waals surface area contributed by atoms with Crippen molar-refractivity contribution in [3.63, 3.8) is 0 Å². The summed E-state index contributed by atoms with van der Waals surface area (Å²) >= 11 is 0. The molecule has 4 nitrogen and oxygen atoms in total.